The van der Waals surface area contributed by atoms with E-state index in [1.54, 1.807) is 18.2 Å². The molecule has 0 unspecified atom stereocenters. The molecule has 2 aromatic rings. The maximum atomic E-state index is 12.8. The molecule has 8 nitrogen and oxygen atoms in total. The molecular weight excluding hydrogens is 434 g/mol. The average molecular weight is 458 g/mol. The molecule has 1 atom stereocenters. The Balaban J connectivity index is 1.75. The average Bonchev–Trinajstić information content (AvgIpc) is 3.03. The van der Waals surface area contributed by atoms with E-state index in [4.69, 9.17) is 19.3 Å². The van der Waals surface area contributed by atoms with Crippen LogP contribution in [0.4, 0.5) is 4.79 Å². The predicted octanol–water partition coefficient (Wildman–Crippen LogP) is 3.97. The van der Waals surface area contributed by atoms with Crippen LogP contribution in [0.5, 0.6) is 17.2 Å². The van der Waals surface area contributed by atoms with Crippen molar-refractivity contribution >= 4 is 35.0 Å². The molecule has 0 saturated carbocycles. The van der Waals surface area contributed by atoms with Gasteiger partial charge in [-0.25, -0.2) is 4.79 Å². The minimum Gasteiger partial charge on any atom is -0.493 e. The van der Waals surface area contributed by atoms with E-state index in [1.807, 2.05) is 31.2 Å². The first-order valence-electron chi connectivity index (χ1n) is 9.81. The van der Waals surface area contributed by atoms with Gasteiger partial charge in [0.05, 0.1) is 18.6 Å². The minimum atomic E-state index is -1.14. The van der Waals surface area contributed by atoms with Gasteiger partial charge in [0.25, 0.3) is 11.1 Å². The fourth-order valence-electron chi connectivity index (χ4n) is 2.88. The number of benzene rings is 2. The summed E-state index contributed by atoms with van der Waals surface area (Å²) in [6.07, 6.45) is 0.366. The van der Waals surface area contributed by atoms with Crippen LogP contribution in [0.3, 0.4) is 0 Å². The van der Waals surface area contributed by atoms with Crippen LogP contribution in [0.15, 0.2) is 47.4 Å². The van der Waals surface area contributed by atoms with Gasteiger partial charge in [0.1, 0.15) is 12.4 Å². The lowest BCUT2D eigenvalue weighted by Crippen LogP contribution is -2.32. The van der Waals surface area contributed by atoms with Gasteiger partial charge in [-0.05, 0) is 49.9 Å². The highest BCUT2D eigenvalue weighted by atomic mass is 32.2. The fourth-order valence-corrected chi connectivity index (χ4v) is 3.74. The van der Waals surface area contributed by atoms with Crippen molar-refractivity contribution in [1.29, 1.82) is 0 Å². The van der Waals surface area contributed by atoms with E-state index < -0.39 is 23.2 Å². The number of imide groups is 1. The second-order valence-corrected chi connectivity index (χ2v) is 7.96. The van der Waals surface area contributed by atoms with Crippen LogP contribution in [-0.4, -0.2) is 53.5 Å². The van der Waals surface area contributed by atoms with E-state index in [-0.39, 0.29) is 23.8 Å². The minimum absolute atomic E-state index is 0.105. The van der Waals surface area contributed by atoms with Gasteiger partial charge < -0.3 is 19.3 Å². The van der Waals surface area contributed by atoms with E-state index >= 15 is 0 Å². The smallest absolute Gasteiger partial charge is 0.344 e. The summed E-state index contributed by atoms with van der Waals surface area (Å²) in [4.78, 5) is 37.7. The number of aryl methyl sites for hydroxylation is 1. The molecule has 1 heterocycles. The SMILES string of the molecule is COc1cccc(/C=C2\SC(=O)N(CCOc3ccc(C)cc3)C2=O)c1O[C@H](C)C(=O)O. The number of carboxylic acids is 1. The Bertz CT molecular complexity index is 1050. The van der Waals surface area contributed by atoms with Crippen molar-refractivity contribution in [2.24, 2.45) is 0 Å². The first-order chi connectivity index (χ1) is 15.3. The van der Waals surface area contributed by atoms with Gasteiger partial charge >= 0.3 is 5.97 Å². The van der Waals surface area contributed by atoms with E-state index in [1.165, 1.54) is 20.1 Å². The summed E-state index contributed by atoms with van der Waals surface area (Å²) in [6.45, 7) is 3.63. The van der Waals surface area contributed by atoms with E-state index in [9.17, 15) is 14.4 Å². The first-order valence-corrected chi connectivity index (χ1v) is 10.6. The van der Waals surface area contributed by atoms with E-state index in [2.05, 4.69) is 0 Å². The molecule has 32 heavy (non-hydrogen) atoms. The molecule has 1 saturated heterocycles. The molecule has 0 spiro atoms. The molecular formula is C23H23NO7S. The number of hydrogen-bond donors (Lipinski definition) is 1. The summed E-state index contributed by atoms with van der Waals surface area (Å²) in [5, 5.41) is 8.76. The van der Waals surface area contributed by atoms with Gasteiger partial charge in [0, 0.05) is 5.56 Å². The summed E-state index contributed by atoms with van der Waals surface area (Å²) in [7, 11) is 1.43. The highest BCUT2D eigenvalue weighted by molar-refractivity contribution is 8.18. The Morgan fingerprint density at radius 2 is 1.91 bits per heavy atom. The zero-order valence-corrected chi connectivity index (χ0v) is 18.7. The van der Waals surface area contributed by atoms with Gasteiger partial charge in [-0.1, -0.05) is 29.8 Å². The van der Waals surface area contributed by atoms with Crippen molar-refractivity contribution in [1.82, 2.24) is 4.90 Å². The predicted molar refractivity (Wildman–Crippen MR) is 120 cm³/mol. The molecule has 0 bridgehead atoms. The van der Waals surface area contributed by atoms with Crippen molar-refractivity contribution in [3.05, 3.63) is 58.5 Å². The number of methoxy groups -OCH3 is 1. The Morgan fingerprint density at radius 1 is 1.19 bits per heavy atom. The van der Waals surface area contributed by atoms with Crippen LogP contribution >= 0.6 is 11.8 Å². The van der Waals surface area contributed by atoms with Gasteiger partial charge in [0.2, 0.25) is 0 Å². The number of nitrogens with zero attached hydrogens (tertiary/aromatic N) is 1. The van der Waals surface area contributed by atoms with Gasteiger partial charge in [-0.15, -0.1) is 0 Å². The van der Waals surface area contributed by atoms with Gasteiger partial charge in [-0.2, -0.15) is 0 Å². The van der Waals surface area contributed by atoms with Crippen molar-refractivity contribution in [3.8, 4) is 17.2 Å². The third-order valence-corrected chi connectivity index (χ3v) is 5.54. The molecule has 9 heteroatoms. The van der Waals surface area contributed by atoms with Gasteiger partial charge in [0.15, 0.2) is 17.6 Å². The lowest BCUT2D eigenvalue weighted by Gasteiger charge is -2.16. The Morgan fingerprint density at radius 3 is 2.56 bits per heavy atom. The van der Waals surface area contributed by atoms with Crippen molar-refractivity contribution in [2.75, 3.05) is 20.3 Å². The molecule has 3 rings (SSSR count). The second kappa shape index (κ2) is 10.2. The van der Waals surface area contributed by atoms with Gasteiger partial charge in [-0.3, -0.25) is 14.5 Å². The molecule has 1 fully saturated rings. The summed E-state index contributed by atoms with van der Waals surface area (Å²) in [5.74, 6) is -0.441. The normalized spacial score (nSPS) is 15.7. The van der Waals surface area contributed by atoms with Crippen LogP contribution < -0.4 is 14.2 Å². The number of thioether (sulfide) groups is 1. The summed E-state index contributed by atoms with van der Waals surface area (Å²) < 4.78 is 16.4. The highest BCUT2D eigenvalue weighted by Gasteiger charge is 2.35. The zero-order valence-electron chi connectivity index (χ0n) is 17.9. The number of amides is 2. The molecule has 2 amide bonds. The maximum absolute atomic E-state index is 12.8. The highest BCUT2D eigenvalue weighted by Crippen LogP contribution is 2.37. The zero-order chi connectivity index (χ0) is 23.3. The Kier molecular flexibility index (Phi) is 7.42. The van der Waals surface area contributed by atoms with Crippen LogP contribution in [0.2, 0.25) is 0 Å². The lowest BCUT2D eigenvalue weighted by molar-refractivity contribution is -0.144. The lowest BCUT2D eigenvalue weighted by atomic mass is 10.1. The van der Waals surface area contributed by atoms with Crippen LogP contribution in [0.1, 0.15) is 18.1 Å². The number of aliphatic carboxylic acids is 1. The number of carbonyl (C=O) groups is 3. The number of carboxylic acid groups (broad SMARTS) is 1. The van der Waals surface area contributed by atoms with Crippen molar-refractivity contribution < 1.29 is 33.7 Å². The topological polar surface area (TPSA) is 102 Å². The standard InChI is InChI=1S/C23H23NO7S/c1-14-7-9-17(10-8-14)30-12-11-24-21(25)19(32-23(24)28)13-16-5-4-6-18(29-3)20(16)31-15(2)22(26)27/h4-10,13,15H,11-12H2,1-3H3,(H,26,27)/b19-13-/t15-/m1/s1. The maximum Gasteiger partial charge on any atom is 0.344 e. The van der Waals surface area contributed by atoms with Crippen LogP contribution in [0, 0.1) is 6.92 Å². The number of para-hydroxylation sites is 1. The largest absolute Gasteiger partial charge is 0.493 e. The summed E-state index contributed by atoms with van der Waals surface area (Å²) in [6, 6.07) is 12.4. The molecule has 1 aliphatic rings. The third-order valence-electron chi connectivity index (χ3n) is 4.64. The molecule has 168 valence electrons. The fraction of sp³-hybridized carbons (Fsp3) is 0.261. The summed E-state index contributed by atoms with van der Waals surface area (Å²) >= 11 is 0.802. The van der Waals surface area contributed by atoms with E-state index in [0.717, 1.165) is 22.2 Å². The van der Waals surface area contributed by atoms with Crippen LogP contribution in [-0.2, 0) is 9.59 Å². The number of rotatable bonds is 9. The molecule has 2 aromatic carbocycles. The second-order valence-electron chi connectivity index (χ2n) is 6.97. The molecule has 0 aromatic heterocycles. The third kappa shape index (κ3) is 5.42. The number of carbonyl (C=O) groups excluding carboxylic acids is 2. The summed E-state index contributed by atoms with van der Waals surface area (Å²) in [5.41, 5.74) is 1.53. The Hall–Kier alpha value is -3.46. The molecule has 0 radical (unpaired) electrons. The van der Waals surface area contributed by atoms with Crippen LogP contribution in [0.25, 0.3) is 6.08 Å². The Labute approximate surface area is 189 Å². The van der Waals surface area contributed by atoms with Crippen molar-refractivity contribution in [2.45, 2.75) is 20.0 Å². The quantitative estimate of drug-likeness (QED) is 0.565. The number of hydrogen-bond acceptors (Lipinski definition) is 7. The molecule has 1 aliphatic heterocycles. The first kappa shape index (κ1) is 23.2. The van der Waals surface area contributed by atoms with E-state index in [0.29, 0.717) is 17.1 Å². The van der Waals surface area contributed by atoms with Crippen molar-refractivity contribution in [3.63, 3.8) is 0 Å². The monoisotopic (exact) mass is 457 g/mol. The number of ether oxygens (including phenoxy) is 3. The molecule has 0 aliphatic carbocycles. The molecule has 1 N–H and O–H groups in total.